The zero-order valence-corrected chi connectivity index (χ0v) is 16.5. The molecular formula is C22H34NO4. The van der Waals surface area contributed by atoms with Gasteiger partial charge in [0.2, 0.25) is 6.04 Å². The van der Waals surface area contributed by atoms with Crippen molar-refractivity contribution in [2.75, 3.05) is 0 Å². The van der Waals surface area contributed by atoms with Crippen molar-refractivity contribution in [3.05, 3.63) is 58.7 Å². The predicted molar refractivity (Wildman–Crippen MR) is 111 cm³/mol. The van der Waals surface area contributed by atoms with Crippen LogP contribution in [0.3, 0.4) is 0 Å². The molecule has 151 valence electrons. The first-order valence-electron chi connectivity index (χ1n) is 9.90. The van der Waals surface area contributed by atoms with E-state index < -0.39 is 17.1 Å². The molecule has 0 aromatic carbocycles. The normalized spacial score (nSPS) is 14.6. The van der Waals surface area contributed by atoms with Gasteiger partial charge in [0.25, 0.3) is 0 Å². The quantitative estimate of drug-likeness (QED) is 0.163. The van der Waals surface area contributed by atoms with Gasteiger partial charge in [-0.15, -0.1) is 0 Å². The summed E-state index contributed by atoms with van der Waals surface area (Å²) >= 11 is 0. The molecule has 0 rings (SSSR count). The molecule has 0 bridgehead atoms. The highest BCUT2D eigenvalue weighted by atomic mass is 16.6. The van der Waals surface area contributed by atoms with Gasteiger partial charge in [0, 0.05) is 17.8 Å². The van der Waals surface area contributed by atoms with Crippen LogP contribution in [0.25, 0.3) is 0 Å². The van der Waals surface area contributed by atoms with Crippen molar-refractivity contribution in [1.82, 2.24) is 0 Å². The Morgan fingerprint density at radius 1 is 0.926 bits per heavy atom. The molecular weight excluding hydrogens is 342 g/mol. The number of aliphatic hydroxyl groups is 1. The van der Waals surface area contributed by atoms with Gasteiger partial charge in [-0.05, 0) is 38.5 Å². The van der Waals surface area contributed by atoms with Crippen LogP contribution in [0, 0.1) is 10.1 Å². The second-order valence-corrected chi connectivity index (χ2v) is 6.43. The lowest BCUT2D eigenvalue weighted by atomic mass is 10.0. The van der Waals surface area contributed by atoms with E-state index in [9.17, 15) is 20.0 Å². The van der Waals surface area contributed by atoms with Crippen LogP contribution in [-0.4, -0.2) is 28.5 Å². The van der Waals surface area contributed by atoms with Gasteiger partial charge in [0.05, 0.1) is 0 Å². The average molecular weight is 377 g/mol. The zero-order chi connectivity index (χ0) is 20.2. The molecule has 0 saturated carbocycles. The third kappa shape index (κ3) is 15.9. The molecule has 0 aromatic rings. The maximum Gasteiger partial charge on any atom is 0.242 e. The molecule has 1 N–H and O–H groups in total. The Morgan fingerprint density at radius 3 is 2.15 bits per heavy atom. The summed E-state index contributed by atoms with van der Waals surface area (Å²) < 4.78 is 0. The van der Waals surface area contributed by atoms with Crippen molar-refractivity contribution in [2.45, 2.75) is 83.3 Å². The average Bonchev–Trinajstić information content (AvgIpc) is 2.65. The third-order valence-electron chi connectivity index (χ3n) is 4.07. The van der Waals surface area contributed by atoms with Gasteiger partial charge in [0.1, 0.15) is 6.10 Å². The Labute approximate surface area is 163 Å². The Kier molecular flexibility index (Phi) is 17.4. The maximum absolute atomic E-state index is 11.1. The monoisotopic (exact) mass is 376 g/mol. The molecule has 0 aliphatic carbocycles. The van der Waals surface area contributed by atoms with Crippen molar-refractivity contribution in [2.24, 2.45) is 0 Å². The first kappa shape index (κ1) is 25.0. The van der Waals surface area contributed by atoms with Crippen LogP contribution in [0.4, 0.5) is 0 Å². The van der Waals surface area contributed by atoms with Gasteiger partial charge in [-0.3, -0.25) is 14.9 Å². The topological polar surface area (TPSA) is 80.4 Å². The number of hydrogen-bond acceptors (Lipinski definition) is 4. The van der Waals surface area contributed by atoms with Crippen molar-refractivity contribution in [1.29, 1.82) is 0 Å². The van der Waals surface area contributed by atoms with E-state index in [1.807, 2.05) is 6.08 Å². The van der Waals surface area contributed by atoms with Crippen LogP contribution in [-0.2, 0) is 4.79 Å². The number of allylic oxidation sites excluding steroid dienone is 6. The van der Waals surface area contributed by atoms with E-state index in [4.69, 9.17) is 0 Å². The van der Waals surface area contributed by atoms with E-state index in [1.54, 1.807) is 24.5 Å². The maximum atomic E-state index is 11.1. The largest absolute Gasteiger partial charge is 0.386 e. The van der Waals surface area contributed by atoms with Gasteiger partial charge in [-0.1, -0.05) is 68.4 Å². The van der Waals surface area contributed by atoms with Crippen LogP contribution < -0.4 is 0 Å². The number of hydrogen-bond donors (Lipinski definition) is 1. The van der Waals surface area contributed by atoms with Crippen LogP contribution in [0.5, 0.6) is 0 Å². The van der Waals surface area contributed by atoms with Crippen molar-refractivity contribution >= 4 is 6.29 Å². The fourth-order valence-electron chi connectivity index (χ4n) is 2.44. The molecule has 5 heteroatoms. The summed E-state index contributed by atoms with van der Waals surface area (Å²) in [5, 5.41) is 21.1. The molecule has 1 radical (unpaired) electrons. The standard InChI is InChI=1S/C22H34NO4/c1-2-3-4-5-6-7-8-9-10-11-12-16-19-22(25)21(23(26)27)18-15-13-14-17-20-24/h6-7,9-10,12-13,15-16,21-22,25H,2-5,8,11,14,17-19H2,1H3/b7-6-,10-9-,15-13-,16-12-. The molecule has 0 aromatic heterocycles. The molecule has 2 atom stereocenters. The van der Waals surface area contributed by atoms with E-state index in [0.717, 1.165) is 19.3 Å². The lowest BCUT2D eigenvalue weighted by molar-refractivity contribution is -0.533. The molecule has 0 aliphatic rings. The summed E-state index contributed by atoms with van der Waals surface area (Å²) in [5.41, 5.74) is 0. The summed E-state index contributed by atoms with van der Waals surface area (Å²) in [6.45, 7) is 2.20. The van der Waals surface area contributed by atoms with Crippen molar-refractivity contribution in [3.8, 4) is 0 Å². The highest BCUT2D eigenvalue weighted by molar-refractivity contribution is 5.50. The molecule has 0 spiro atoms. The van der Waals surface area contributed by atoms with Gasteiger partial charge in [0.15, 0.2) is 6.29 Å². The number of rotatable bonds is 17. The fraction of sp³-hybridized carbons (Fsp3) is 0.591. The van der Waals surface area contributed by atoms with Gasteiger partial charge >= 0.3 is 0 Å². The molecule has 0 saturated heterocycles. The number of carbonyl (C=O) groups excluding carboxylic acids is 1. The minimum absolute atomic E-state index is 0.158. The Hall–Kier alpha value is -2.01. The first-order chi connectivity index (χ1) is 13.1. The molecule has 0 fully saturated rings. The lowest BCUT2D eigenvalue weighted by Crippen LogP contribution is -2.32. The highest BCUT2D eigenvalue weighted by Gasteiger charge is 2.27. The molecule has 0 aliphatic heterocycles. The molecule has 0 amide bonds. The third-order valence-corrected chi connectivity index (χ3v) is 4.07. The molecule has 0 heterocycles. The second-order valence-electron chi connectivity index (χ2n) is 6.43. The van der Waals surface area contributed by atoms with E-state index in [-0.39, 0.29) is 19.3 Å². The summed E-state index contributed by atoms with van der Waals surface area (Å²) in [4.78, 5) is 20.7. The smallest absolute Gasteiger partial charge is 0.242 e. The van der Waals surface area contributed by atoms with E-state index in [2.05, 4.69) is 31.2 Å². The fourth-order valence-corrected chi connectivity index (χ4v) is 2.44. The van der Waals surface area contributed by atoms with E-state index >= 15 is 0 Å². The van der Waals surface area contributed by atoms with Crippen LogP contribution in [0.2, 0.25) is 0 Å². The van der Waals surface area contributed by atoms with Crippen LogP contribution in [0.1, 0.15) is 71.1 Å². The summed E-state index contributed by atoms with van der Waals surface area (Å²) in [6, 6.07) is -1.03. The van der Waals surface area contributed by atoms with Gasteiger partial charge in [-0.25, -0.2) is 0 Å². The summed E-state index contributed by atoms with van der Waals surface area (Å²) in [7, 11) is 0. The van der Waals surface area contributed by atoms with Gasteiger partial charge in [-0.2, -0.15) is 0 Å². The minimum atomic E-state index is -1.03. The van der Waals surface area contributed by atoms with Crippen LogP contribution in [0.15, 0.2) is 48.6 Å². The lowest BCUT2D eigenvalue weighted by Gasteiger charge is -2.12. The highest BCUT2D eigenvalue weighted by Crippen LogP contribution is 2.10. The number of unbranched alkanes of at least 4 members (excludes halogenated alkanes) is 4. The minimum Gasteiger partial charge on any atom is -0.386 e. The summed E-state index contributed by atoms with van der Waals surface area (Å²) in [6.07, 6.45) is 24.1. The second kappa shape index (κ2) is 18.8. The predicted octanol–water partition coefficient (Wildman–Crippen LogP) is 5.25. The van der Waals surface area contributed by atoms with Crippen molar-refractivity contribution < 1.29 is 14.8 Å². The Bertz CT molecular complexity index is 495. The van der Waals surface area contributed by atoms with Gasteiger partial charge < -0.3 is 5.11 Å². The molecule has 5 nitrogen and oxygen atoms in total. The first-order valence-corrected chi connectivity index (χ1v) is 9.90. The SMILES string of the molecule is CCCCC/C=C\C/C=C\C/C=C\CC(O)C(C/C=C\CC[C]=O)[N+](=O)[O-]. The summed E-state index contributed by atoms with van der Waals surface area (Å²) in [5.74, 6) is 0. The Morgan fingerprint density at radius 2 is 1.52 bits per heavy atom. The number of nitro groups is 1. The van der Waals surface area contributed by atoms with E-state index in [0.29, 0.717) is 6.42 Å². The number of aliphatic hydroxyl groups excluding tert-OH is 1. The zero-order valence-electron chi connectivity index (χ0n) is 16.5. The Balaban J connectivity index is 4.02. The molecule has 27 heavy (non-hydrogen) atoms. The van der Waals surface area contributed by atoms with E-state index in [1.165, 1.54) is 19.3 Å². The van der Waals surface area contributed by atoms with Crippen LogP contribution >= 0.6 is 0 Å². The number of nitrogens with zero attached hydrogens (tertiary/aromatic N) is 1. The molecule has 2 unspecified atom stereocenters. The van der Waals surface area contributed by atoms with Crippen molar-refractivity contribution in [3.63, 3.8) is 0 Å².